The highest BCUT2D eigenvalue weighted by molar-refractivity contribution is 5.34. The third-order valence-electron chi connectivity index (χ3n) is 3.34. The second kappa shape index (κ2) is 5.84. The molecule has 1 aromatic rings. The fourth-order valence-electron chi connectivity index (χ4n) is 2.25. The predicted molar refractivity (Wildman–Crippen MR) is 76.4 cm³/mol. The molecular formula is C14H24N4O. The molecule has 0 bridgehead atoms. The predicted octanol–water partition coefficient (Wildman–Crippen LogP) is 1.51. The van der Waals surface area contributed by atoms with Crippen molar-refractivity contribution in [3.63, 3.8) is 0 Å². The first-order chi connectivity index (χ1) is 9.02. The molecule has 5 nitrogen and oxygen atoms in total. The standard InChI is InChI=1S/C14H24N4O/c1-5-15-8-12-9-16-13(17-11(12)2)18-6-7-19-14(3,4)10-18/h9,15H,5-8,10H2,1-4H3. The average molecular weight is 264 g/mol. The molecule has 1 aromatic heterocycles. The minimum absolute atomic E-state index is 0.127. The Morgan fingerprint density at radius 2 is 2.26 bits per heavy atom. The van der Waals surface area contributed by atoms with Crippen molar-refractivity contribution in [2.45, 2.75) is 39.8 Å². The van der Waals surface area contributed by atoms with Gasteiger partial charge in [-0.05, 0) is 27.3 Å². The number of morpholine rings is 1. The molecule has 106 valence electrons. The van der Waals surface area contributed by atoms with E-state index in [1.165, 1.54) is 0 Å². The molecule has 1 N–H and O–H groups in total. The first kappa shape index (κ1) is 14.2. The largest absolute Gasteiger partial charge is 0.372 e. The lowest BCUT2D eigenvalue weighted by Crippen LogP contribution is -2.49. The zero-order valence-corrected chi connectivity index (χ0v) is 12.4. The lowest BCUT2D eigenvalue weighted by Gasteiger charge is -2.38. The fraction of sp³-hybridized carbons (Fsp3) is 0.714. The Labute approximate surface area is 115 Å². The van der Waals surface area contributed by atoms with Crippen LogP contribution in [0.1, 0.15) is 32.0 Å². The van der Waals surface area contributed by atoms with Crippen LogP contribution in [0.25, 0.3) is 0 Å². The van der Waals surface area contributed by atoms with E-state index in [9.17, 15) is 0 Å². The number of hydrogen-bond acceptors (Lipinski definition) is 5. The van der Waals surface area contributed by atoms with E-state index in [0.29, 0.717) is 0 Å². The number of aryl methyl sites for hydroxylation is 1. The molecular weight excluding hydrogens is 240 g/mol. The van der Waals surface area contributed by atoms with Crippen LogP contribution in [0.15, 0.2) is 6.20 Å². The first-order valence-corrected chi connectivity index (χ1v) is 6.94. The molecule has 1 saturated heterocycles. The SMILES string of the molecule is CCNCc1cnc(N2CCOC(C)(C)C2)nc1C. The van der Waals surface area contributed by atoms with Crippen LogP contribution >= 0.6 is 0 Å². The first-order valence-electron chi connectivity index (χ1n) is 6.94. The molecule has 5 heteroatoms. The van der Waals surface area contributed by atoms with E-state index in [-0.39, 0.29) is 5.60 Å². The van der Waals surface area contributed by atoms with Crippen molar-refractivity contribution in [3.8, 4) is 0 Å². The number of nitrogens with one attached hydrogen (secondary N) is 1. The second-order valence-electron chi connectivity index (χ2n) is 5.59. The molecule has 0 aromatic carbocycles. The average Bonchev–Trinajstić information content (AvgIpc) is 2.36. The van der Waals surface area contributed by atoms with Crippen LogP contribution in [0.4, 0.5) is 5.95 Å². The summed E-state index contributed by atoms with van der Waals surface area (Å²) in [5.74, 6) is 0.814. The van der Waals surface area contributed by atoms with Crippen LogP contribution < -0.4 is 10.2 Å². The van der Waals surface area contributed by atoms with Gasteiger partial charge in [-0.15, -0.1) is 0 Å². The van der Waals surface area contributed by atoms with Gasteiger partial charge in [-0.2, -0.15) is 0 Å². The van der Waals surface area contributed by atoms with Crippen molar-refractivity contribution in [1.29, 1.82) is 0 Å². The van der Waals surface area contributed by atoms with Crippen LogP contribution in [0, 0.1) is 6.92 Å². The van der Waals surface area contributed by atoms with Crippen LogP contribution in [-0.2, 0) is 11.3 Å². The monoisotopic (exact) mass is 264 g/mol. The van der Waals surface area contributed by atoms with Crippen LogP contribution in [0.3, 0.4) is 0 Å². The van der Waals surface area contributed by atoms with Crippen molar-refractivity contribution < 1.29 is 4.74 Å². The fourth-order valence-corrected chi connectivity index (χ4v) is 2.25. The van der Waals surface area contributed by atoms with E-state index in [2.05, 4.69) is 41.0 Å². The third kappa shape index (κ3) is 3.64. The van der Waals surface area contributed by atoms with Gasteiger partial charge in [0, 0.05) is 37.1 Å². The zero-order valence-electron chi connectivity index (χ0n) is 12.4. The maximum absolute atomic E-state index is 5.72. The van der Waals surface area contributed by atoms with Gasteiger partial charge in [-0.25, -0.2) is 9.97 Å². The number of ether oxygens (including phenoxy) is 1. The van der Waals surface area contributed by atoms with Crippen LogP contribution in [-0.4, -0.2) is 41.8 Å². The van der Waals surface area contributed by atoms with Gasteiger partial charge in [-0.1, -0.05) is 6.92 Å². The van der Waals surface area contributed by atoms with Crippen molar-refractivity contribution in [2.75, 3.05) is 31.1 Å². The van der Waals surface area contributed by atoms with E-state index >= 15 is 0 Å². The lowest BCUT2D eigenvalue weighted by molar-refractivity contribution is -0.0281. The van der Waals surface area contributed by atoms with E-state index < -0.39 is 0 Å². The molecule has 0 unspecified atom stereocenters. The molecule has 0 atom stereocenters. The van der Waals surface area contributed by atoms with Crippen LogP contribution in [0.2, 0.25) is 0 Å². The van der Waals surface area contributed by atoms with Crippen molar-refractivity contribution >= 4 is 5.95 Å². The highest BCUT2D eigenvalue weighted by Gasteiger charge is 2.28. The molecule has 2 rings (SSSR count). The minimum atomic E-state index is -0.127. The summed E-state index contributed by atoms with van der Waals surface area (Å²) in [5, 5.41) is 3.30. The number of rotatable bonds is 4. The number of hydrogen-bond donors (Lipinski definition) is 1. The van der Waals surface area contributed by atoms with Crippen molar-refractivity contribution in [2.24, 2.45) is 0 Å². The smallest absolute Gasteiger partial charge is 0.225 e. The van der Waals surface area contributed by atoms with Crippen molar-refractivity contribution in [1.82, 2.24) is 15.3 Å². The molecule has 2 heterocycles. The van der Waals surface area contributed by atoms with Gasteiger partial charge in [-0.3, -0.25) is 0 Å². The van der Waals surface area contributed by atoms with Gasteiger partial charge < -0.3 is 15.0 Å². The molecule has 1 fully saturated rings. The van der Waals surface area contributed by atoms with Gasteiger partial charge in [0.25, 0.3) is 0 Å². The Kier molecular flexibility index (Phi) is 4.37. The molecule has 0 amide bonds. The highest BCUT2D eigenvalue weighted by Crippen LogP contribution is 2.20. The summed E-state index contributed by atoms with van der Waals surface area (Å²) in [6, 6.07) is 0. The summed E-state index contributed by atoms with van der Waals surface area (Å²) in [4.78, 5) is 11.3. The lowest BCUT2D eigenvalue weighted by atomic mass is 10.1. The van der Waals surface area contributed by atoms with E-state index in [4.69, 9.17) is 4.74 Å². The van der Waals surface area contributed by atoms with E-state index in [1.807, 2.05) is 13.1 Å². The second-order valence-corrected chi connectivity index (χ2v) is 5.59. The maximum atomic E-state index is 5.72. The summed E-state index contributed by atoms with van der Waals surface area (Å²) in [6.45, 7) is 12.6. The minimum Gasteiger partial charge on any atom is -0.372 e. The Balaban J connectivity index is 2.10. The van der Waals surface area contributed by atoms with Crippen LogP contribution in [0.5, 0.6) is 0 Å². The van der Waals surface area contributed by atoms with Gasteiger partial charge in [0.05, 0.1) is 12.2 Å². The molecule has 0 radical (unpaired) electrons. The summed E-state index contributed by atoms with van der Waals surface area (Å²) < 4.78 is 5.72. The highest BCUT2D eigenvalue weighted by atomic mass is 16.5. The summed E-state index contributed by atoms with van der Waals surface area (Å²) in [6.07, 6.45) is 1.93. The molecule has 0 saturated carbocycles. The van der Waals surface area contributed by atoms with Gasteiger partial charge in [0.2, 0.25) is 5.95 Å². The quantitative estimate of drug-likeness (QED) is 0.893. The number of aromatic nitrogens is 2. The van der Waals surface area contributed by atoms with E-state index in [0.717, 1.165) is 50.0 Å². The molecule has 0 spiro atoms. The molecule has 1 aliphatic rings. The molecule has 19 heavy (non-hydrogen) atoms. The third-order valence-corrected chi connectivity index (χ3v) is 3.34. The Bertz CT molecular complexity index is 433. The normalized spacial score (nSPS) is 18.6. The van der Waals surface area contributed by atoms with E-state index in [1.54, 1.807) is 0 Å². The topological polar surface area (TPSA) is 50.3 Å². The van der Waals surface area contributed by atoms with Gasteiger partial charge >= 0.3 is 0 Å². The van der Waals surface area contributed by atoms with Gasteiger partial charge in [0.15, 0.2) is 0 Å². The molecule has 0 aliphatic carbocycles. The summed E-state index contributed by atoms with van der Waals surface area (Å²) in [5.41, 5.74) is 2.09. The Morgan fingerprint density at radius 3 is 2.89 bits per heavy atom. The Hall–Kier alpha value is -1.20. The number of anilines is 1. The molecule has 1 aliphatic heterocycles. The van der Waals surface area contributed by atoms with Crippen molar-refractivity contribution in [3.05, 3.63) is 17.5 Å². The Morgan fingerprint density at radius 1 is 1.47 bits per heavy atom. The summed E-state index contributed by atoms with van der Waals surface area (Å²) >= 11 is 0. The maximum Gasteiger partial charge on any atom is 0.225 e. The zero-order chi connectivity index (χ0) is 13.9. The van der Waals surface area contributed by atoms with Gasteiger partial charge in [0.1, 0.15) is 0 Å². The summed E-state index contributed by atoms with van der Waals surface area (Å²) in [7, 11) is 0. The number of nitrogens with zero attached hydrogens (tertiary/aromatic N) is 3.